The van der Waals surface area contributed by atoms with Gasteiger partial charge in [-0.15, -0.1) is 11.3 Å². The van der Waals surface area contributed by atoms with Crippen LogP contribution in [0.4, 0.5) is 5.13 Å². The van der Waals surface area contributed by atoms with E-state index in [1.165, 1.54) is 54.3 Å². The van der Waals surface area contributed by atoms with Crippen LogP contribution < -0.4 is 5.32 Å². The van der Waals surface area contributed by atoms with Crippen molar-refractivity contribution in [3.63, 3.8) is 0 Å². The molecule has 0 atom stereocenters. The molecule has 0 amide bonds. The molecule has 0 radical (unpaired) electrons. The van der Waals surface area contributed by atoms with Crippen molar-refractivity contribution < 1.29 is 0 Å². The van der Waals surface area contributed by atoms with Crippen LogP contribution in [0.2, 0.25) is 0 Å². The monoisotopic (exact) mass is 325 g/mol. The van der Waals surface area contributed by atoms with Gasteiger partial charge < -0.3 is 9.88 Å². The second-order valence-electron chi connectivity index (χ2n) is 6.55. The summed E-state index contributed by atoms with van der Waals surface area (Å²) < 4.78 is 2.26. The number of nitrogens with zero attached hydrogens (tertiary/aromatic N) is 2. The molecule has 2 heterocycles. The lowest BCUT2D eigenvalue weighted by molar-refractivity contribution is 0.462. The van der Waals surface area contributed by atoms with Gasteiger partial charge in [0.2, 0.25) is 0 Å². The molecule has 2 aromatic heterocycles. The second-order valence-corrected chi connectivity index (χ2v) is 7.41. The Morgan fingerprint density at radius 2 is 1.96 bits per heavy atom. The number of fused-ring (bicyclic) bond motifs is 1. The fourth-order valence-electron chi connectivity index (χ4n) is 3.72. The van der Waals surface area contributed by atoms with Crippen LogP contribution in [0.15, 0.2) is 29.6 Å². The Balaban J connectivity index is 1.68. The predicted octanol–water partition coefficient (Wildman–Crippen LogP) is 5.35. The third-order valence-corrected chi connectivity index (χ3v) is 5.87. The van der Waals surface area contributed by atoms with Crippen molar-refractivity contribution in [2.24, 2.45) is 7.05 Å². The minimum absolute atomic E-state index is 0.608. The highest BCUT2D eigenvalue weighted by Crippen LogP contribution is 2.36. The Hall–Kier alpha value is -1.81. The largest absolute Gasteiger partial charge is 0.359 e. The number of hydrogen-bond donors (Lipinski definition) is 1. The zero-order valence-corrected chi connectivity index (χ0v) is 14.6. The highest BCUT2D eigenvalue weighted by atomic mass is 32.1. The second kappa shape index (κ2) is 6.00. The molecule has 120 valence electrons. The Kier molecular flexibility index (Phi) is 3.85. The summed E-state index contributed by atoms with van der Waals surface area (Å²) in [5.41, 5.74) is 4.93. The van der Waals surface area contributed by atoms with Crippen LogP contribution in [0, 0.1) is 6.92 Å². The van der Waals surface area contributed by atoms with Gasteiger partial charge in [0.15, 0.2) is 5.13 Å². The Labute approximate surface area is 141 Å². The van der Waals surface area contributed by atoms with Crippen LogP contribution in [-0.2, 0) is 7.05 Å². The zero-order chi connectivity index (χ0) is 15.8. The van der Waals surface area contributed by atoms with Crippen molar-refractivity contribution in [2.45, 2.75) is 45.1 Å². The maximum absolute atomic E-state index is 4.89. The summed E-state index contributed by atoms with van der Waals surface area (Å²) >= 11 is 1.73. The van der Waals surface area contributed by atoms with Crippen molar-refractivity contribution in [3.8, 4) is 11.3 Å². The molecule has 23 heavy (non-hydrogen) atoms. The van der Waals surface area contributed by atoms with E-state index in [1.54, 1.807) is 11.3 Å². The minimum atomic E-state index is 0.608. The van der Waals surface area contributed by atoms with Crippen molar-refractivity contribution in [3.05, 3.63) is 35.3 Å². The lowest BCUT2D eigenvalue weighted by atomic mass is 9.96. The van der Waals surface area contributed by atoms with Gasteiger partial charge in [0, 0.05) is 40.6 Å². The maximum Gasteiger partial charge on any atom is 0.183 e. The minimum Gasteiger partial charge on any atom is -0.359 e. The summed E-state index contributed by atoms with van der Waals surface area (Å²) in [5, 5.41) is 8.20. The molecule has 1 fully saturated rings. The van der Waals surface area contributed by atoms with Crippen LogP contribution in [0.3, 0.4) is 0 Å². The van der Waals surface area contributed by atoms with E-state index in [9.17, 15) is 0 Å². The van der Waals surface area contributed by atoms with Gasteiger partial charge in [0.05, 0.1) is 5.69 Å². The first-order chi connectivity index (χ1) is 11.2. The van der Waals surface area contributed by atoms with Gasteiger partial charge in [-0.2, -0.15) is 0 Å². The fourth-order valence-corrected chi connectivity index (χ4v) is 4.50. The normalized spacial score (nSPS) is 16.1. The van der Waals surface area contributed by atoms with E-state index in [0.717, 1.165) is 10.8 Å². The number of nitrogens with one attached hydrogen (secondary N) is 1. The molecule has 0 bridgehead atoms. The smallest absolute Gasteiger partial charge is 0.183 e. The van der Waals surface area contributed by atoms with E-state index in [4.69, 9.17) is 4.98 Å². The van der Waals surface area contributed by atoms with E-state index in [2.05, 4.69) is 53.5 Å². The Bertz CT molecular complexity index is 824. The van der Waals surface area contributed by atoms with Crippen LogP contribution >= 0.6 is 11.3 Å². The van der Waals surface area contributed by atoms with E-state index < -0.39 is 0 Å². The molecule has 0 saturated heterocycles. The third kappa shape index (κ3) is 2.65. The van der Waals surface area contributed by atoms with Gasteiger partial charge in [-0.3, -0.25) is 0 Å². The van der Waals surface area contributed by atoms with Crippen LogP contribution in [0.5, 0.6) is 0 Å². The summed E-state index contributed by atoms with van der Waals surface area (Å²) in [7, 11) is 2.13. The van der Waals surface area contributed by atoms with E-state index >= 15 is 0 Å². The first kappa shape index (κ1) is 14.8. The van der Waals surface area contributed by atoms with E-state index in [1.807, 2.05) is 0 Å². The summed E-state index contributed by atoms with van der Waals surface area (Å²) in [6, 6.07) is 9.20. The molecular weight excluding hydrogens is 302 g/mol. The molecule has 0 spiro atoms. The van der Waals surface area contributed by atoms with E-state index in [-0.39, 0.29) is 0 Å². The van der Waals surface area contributed by atoms with Crippen molar-refractivity contribution in [1.82, 2.24) is 9.55 Å². The number of aryl methyl sites for hydroxylation is 1. The summed E-state index contributed by atoms with van der Waals surface area (Å²) in [6.07, 6.45) is 6.64. The predicted molar refractivity (Wildman–Crippen MR) is 99.3 cm³/mol. The van der Waals surface area contributed by atoms with Gasteiger partial charge in [-0.1, -0.05) is 37.5 Å². The molecule has 1 aliphatic rings. The van der Waals surface area contributed by atoms with Crippen LogP contribution in [-0.4, -0.2) is 15.6 Å². The third-order valence-electron chi connectivity index (χ3n) is 5.09. The molecule has 0 unspecified atom stereocenters. The molecule has 1 aliphatic carbocycles. The van der Waals surface area contributed by atoms with Crippen molar-refractivity contribution in [2.75, 3.05) is 5.32 Å². The lowest BCUT2D eigenvalue weighted by Gasteiger charge is -2.22. The Morgan fingerprint density at radius 3 is 2.78 bits per heavy atom. The SMILES string of the molecule is Cc1c(-c2csc(NC3CCCCC3)n2)c2ccccc2n1C. The number of hydrogen-bond acceptors (Lipinski definition) is 3. The van der Waals surface area contributed by atoms with E-state index in [0.29, 0.717) is 6.04 Å². The van der Waals surface area contributed by atoms with Gasteiger partial charge >= 0.3 is 0 Å². The molecule has 1 N–H and O–H groups in total. The standard InChI is InChI=1S/C19H23N3S/c1-13-18(15-10-6-7-11-17(15)22(13)2)16-12-23-19(21-16)20-14-8-4-3-5-9-14/h6-7,10-12,14H,3-5,8-9H2,1-2H3,(H,20,21). The Morgan fingerprint density at radius 1 is 1.17 bits per heavy atom. The fraction of sp³-hybridized carbons (Fsp3) is 0.421. The molecular formula is C19H23N3S. The maximum atomic E-state index is 4.89. The van der Waals surface area contributed by atoms with Crippen molar-refractivity contribution >= 4 is 27.4 Å². The molecule has 0 aliphatic heterocycles. The number of anilines is 1. The van der Waals surface area contributed by atoms with Gasteiger partial charge in [0.1, 0.15) is 0 Å². The molecule has 3 aromatic rings. The molecule has 4 heteroatoms. The first-order valence-corrected chi connectivity index (χ1v) is 9.38. The molecule has 4 rings (SSSR count). The van der Waals surface area contributed by atoms with Crippen LogP contribution in [0.25, 0.3) is 22.2 Å². The number of thiazole rings is 1. The lowest BCUT2D eigenvalue weighted by Crippen LogP contribution is -2.21. The topological polar surface area (TPSA) is 29.9 Å². The quantitative estimate of drug-likeness (QED) is 0.703. The highest BCUT2D eigenvalue weighted by Gasteiger charge is 2.18. The number of benzene rings is 1. The molecule has 3 nitrogen and oxygen atoms in total. The van der Waals surface area contributed by atoms with Gasteiger partial charge in [-0.25, -0.2) is 4.98 Å². The van der Waals surface area contributed by atoms with Crippen LogP contribution in [0.1, 0.15) is 37.8 Å². The summed E-state index contributed by atoms with van der Waals surface area (Å²) in [6.45, 7) is 2.18. The summed E-state index contributed by atoms with van der Waals surface area (Å²) in [5.74, 6) is 0. The number of para-hydroxylation sites is 1. The number of aromatic nitrogens is 2. The van der Waals surface area contributed by atoms with Gasteiger partial charge in [-0.05, 0) is 25.8 Å². The highest BCUT2D eigenvalue weighted by molar-refractivity contribution is 7.14. The average Bonchev–Trinajstić information content (AvgIpc) is 3.12. The van der Waals surface area contributed by atoms with Gasteiger partial charge in [0.25, 0.3) is 0 Å². The molecule has 1 aromatic carbocycles. The number of rotatable bonds is 3. The first-order valence-electron chi connectivity index (χ1n) is 8.50. The zero-order valence-electron chi connectivity index (χ0n) is 13.8. The average molecular weight is 325 g/mol. The van der Waals surface area contributed by atoms with Crippen molar-refractivity contribution in [1.29, 1.82) is 0 Å². The summed E-state index contributed by atoms with van der Waals surface area (Å²) in [4.78, 5) is 4.89. The molecule has 1 saturated carbocycles.